The summed E-state index contributed by atoms with van der Waals surface area (Å²) in [6.07, 6.45) is 3.16. The van der Waals surface area contributed by atoms with E-state index in [-0.39, 0.29) is 12.5 Å². The number of hydrogen-bond donors (Lipinski definition) is 2. The van der Waals surface area contributed by atoms with E-state index < -0.39 is 5.95 Å². The Balaban J connectivity index is 1.36. The molecule has 0 spiro atoms. The number of nitrogens with zero attached hydrogens (tertiary/aromatic N) is 4. The number of likely N-dealkylation sites (N-methyl/N-ethyl adjacent to an activating group) is 1. The zero-order valence-corrected chi connectivity index (χ0v) is 16.6. The Morgan fingerprint density at radius 1 is 1.20 bits per heavy atom. The molecule has 4 rings (SSSR count). The predicted molar refractivity (Wildman–Crippen MR) is 111 cm³/mol. The van der Waals surface area contributed by atoms with Gasteiger partial charge in [0.15, 0.2) is 0 Å². The fraction of sp³-hybridized carbons (Fsp3) is 0.238. The molecule has 0 aliphatic carbocycles. The van der Waals surface area contributed by atoms with Gasteiger partial charge in [-0.05, 0) is 24.6 Å². The third kappa shape index (κ3) is 4.45. The number of amides is 1. The molecule has 0 fully saturated rings. The first-order valence-electron chi connectivity index (χ1n) is 9.42. The van der Waals surface area contributed by atoms with E-state index >= 15 is 0 Å². The summed E-state index contributed by atoms with van der Waals surface area (Å²) < 4.78 is 18.4. The minimum absolute atomic E-state index is 0.0420. The summed E-state index contributed by atoms with van der Waals surface area (Å²) in [6.45, 7) is 2.99. The van der Waals surface area contributed by atoms with Crippen LogP contribution in [0.2, 0.25) is 0 Å². The maximum Gasteiger partial charge on any atom is 0.243 e. The van der Waals surface area contributed by atoms with E-state index in [0.717, 1.165) is 34.0 Å². The number of carbonyl (C=O) groups excluding carboxylic acids is 1. The molecule has 4 heterocycles. The largest absolute Gasteiger partial charge is 0.473 e. The highest BCUT2D eigenvalue weighted by molar-refractivity contribution is 6.02. The van der Waals surface area contributed by atoms with Crippen molar-refractivity contribution < 1.29 is 13.9 Å². The fourth-order valence-corrected chi connectivity index (χ4v) is 3.12. The lowest BCUT2D eigenvalue weighted by Crippen LogP contribution is -2.36. The smallest absolute Gasteiger partial charge is 0.243 e. The van der Waals surface area contributed by atoms with Gasteiger partial charge in [0.25, 0.3) is 0 Å². The molecule has 1 aliphatic rings. The third-order valence-corrected chi connectivity index (χ3v) is 4.68. The summed E-state index contributed by atoms with van der Waals surface area (Å²) in [5.41, 5.74) is 4.16. The van der Waals surface area contributed by atoms with Crippen molar-refractivity contribution >= 4 is 23.1 Å². The van der Waals surface area contributed by atoms with E-state index in [1.54, 1.807) is 18.3 Å². The second-order valence-corrected chi connectivity index (χ2v) is 7.03. The molecule has 1 amide bonds. The Kier molecular flexibility index (Phi) is 5.42. The predicted octanol–water partition coefficient (Wildman–Crippen LogP) is 2.90. The topological polar surface area (TPSA) is 92.3 Å². The van der Waals surface area contributed by atoms with Crippen LogP contribution in [0.1, 0.15) is 16.8 Å². The van der Waals surface area contributed by atoms with Crippen LogP contribution in [-0.2, 0) is 17.9 Å². The van der Waals surface area contributed by atoms with Gasteiger partial charge in [0, 0.05) is 43.7 Å². The highest BCUT2D eigenvalue weighted by atomic mass is 19.1. The van der Waals surface area contributed by atoms with Gasteiger partial charge in [-0.1, -0.05) is 6.07 Å². The van der Waals surface area contributed by atoms with Gasteiger partial charge in [0.1, 0.15) is 12.4 Å². The molecule has 3 aromatic heterocycles. The van der Waals surface area contributed by atoms with Crippen molar-refractivity contribution in [3.63, 3.8) is 0 Å². The van der Waals surface area contributed by atoms with E-state index in [1.165, 1.54) is 12.3 Å². The van der Waals surface area contributed by atoms with Crippen LogP contribution in [0, 0.1) is 12.9 Å². The second-order valence-electron chi connectivity index (χ2n) is 7.03. The molecule has 0 aromatic carbocycles. The number of aromatic nitrogens is 3. The zero-order valence-electron chi connectivity index (χ0n) is 16.6. The van der Waals surface area contributed by atoms with Crippen LogP contribution < -0.4 is 20.3 Å². The molecule has 0 saturated heterocycles. The number of nitrogens with one attached hydrogen (secondary N) is 2. The highest BCUT2D eigenvalue weighted by Gasteiger charge is 2.22. The third-order valence-electron chi connectivity index (χ3n) is 4.68. The van der Waals surface area contributed by atoms with Gasteiger partial charge >= 0.3 is 0 Å². The van der Waals surface area contributed by atoms with E-state index in [4.69, 9.17) is 4.74 Å². The summed E-state index contributed by atoms with van der Waals surface area (Å²) in [5.74, 6) is 0.634. The lowest BCUT2D eigenvalue weighted by molar-refractivity contribution is -0.115. The molecule has 8 nitrogen and oxygen atoms in total. The van der Waals surface area contributed by atoms with Crippen LogP contribution in [0.5, 0.6) is 5.88 Å². The van der Waals surface area contributed by atoms with Crippen molar-refractivity contribution in [2.45, 2.75) is 20.1 Å². The zero-order chi connectivity index (χ0) is 21.1. The molecule has 2 N–H and O–H groups in total. The van der Waals surface area contributed by atoms with E-state index in [9.17, 15) is 9.18 Å². The van der Waals surface area contributed by atoms with Crippen molar-refractivity contribution in [3.05, 3.63) is 65.5 Å². The number of carbonyl (C=O) groups is 1. The van der Waals surface area contributed by atoms with Gasteiger partial charge in [-0.25, -0.2) is 15.0 Å². The van der Waals surface area contributed by atoms with Crippen molar-refractivity contribution in [2.24, 2.45) is 0 Å². The Morgan fingerprint density at radius 2 is 2.00 bits per heavy atom. The van der Waals surface area contributed by atoms with Crippen molar-refractivity contribution in [2.75, 3.05) is 29.1 Å². The van der Waals surface area contributed by atoms with Crippen LogP contribution in [0.15, 0.2) is 42.7 Å². The maximum atomic E-state index is 12.8. The van der Waals surface area contributed by atoms with E-state index in [0.29, 0.717) is 19.0 Å². The van der Waals surface area contributed by atoms with Gasteiger partial charge in [-0.15, -0.1) is 0 Å². The summed E-state index contributed by atoms with van der Waals surface area (Å²) in [6, 6.07) is 8.53. The van der Waals surface area contributed by atoms with Crippen molar-refractivity contribution in [3.8, 4) is 5.88 Å². The molecule has 0 radical (unpaired) electrons. The molecule has 9 heteroatoms. The van der Waals surface area contributed by atoms with Crippen molar-refractivity contribution in [1.82, 2.24) is 15.0 Å². The van der Waals surface area contributed by atoms with Gasteiger partial charge in [0.2, 0.25) is 17.7 Å². The number of aryl methyl sites for hydroxylation is 1. The summed E-state index contributed by atoms with van der Waals surface area (Å²) in [7, 11) is 1.88. The van der Waals surface area contributed by atoms with Crippen LogP contribution in [0.3, 0.4) is 0 Å². The van der Waals surface area contributed by atoms with Crippen LogP contribution in [0.4, 0.5) is 21.6 Å². The van der Waals surface area contributed by atoms with Gasteiger partial charge < -0.3 is 20.3 Å². The van der Waals surface area contributed by atoms with Gasteiger partial charge in [-0.2, -0.15) is 4.39 Å². The molecule has 0 atom stereocenters. The summed E-state index contributed by atoms with van der Waals surface area (Å²) >= 11 is 0. The number of anilines is 3. The SMILES string of the molecule is Cc1nc(NCc2ccc(OCc3ccc(F)nc3)nc2)cc2c1NC(=O)CN2C. The van der Waals surface area contributed by atoms with Gasteiger partial charge in [0.05, 0.1) is 23.6 Å². The van der Waals surface area contributed by atoms with Crippen LogP contribution in [0.25, 0.3) is 0 Å². The van der Waals surface area contributed by atoms with Crippen molar-refractivity contribution in [1.29, 1.82) is 0 Å². The quantitative estimate of drug-likeness (QED) is 0.606. The van der Waals surface area contributed by atoms with Crippen LogP contribution in [-0.4, -0.2) is 34.5 Å². The number of rotatable bonds is 6. The molecule has 0 saturated carbocycles. The maximum absolute atomic E-state index is 12.8. The lowest BCUT2D eigenvalue weighted by Gasteiger charge is -2.28. The Morgan fingerprint density at radius 3 is 2.73 bits per heavy atom. The first kappa shape index (κ1) is 19.6. The summed E-state index contributed by atoms with van der Waals surface area (Å²) in [4.78, 5) is 26.0. The standard InChI is InChI=1S/C21H21FN6O2/c1-13-21-16(28(2)11-19(29)27-21)7-18(26-13)24-8-14-4-6-20(25-9-14)30-12-15-3-5-17(22)23-10-15/h3-7,9-10H,8,11-12H2,1-2H3,(H,24,26)(H,27,29). The van der Waals surface area contributed by atoms with E-state index in [2.05, 4.69) is 25.6 Å². The molecule has 154 valence electrons. The molecule has 30 heavy (non-hydrogen) atoms. The Bertz CT molecular complexity index is 1060. The molecule has 3 aromatic rings. The Labute approximate surface area is 173 Å². The number of pyridine rings is 3. The number of ether oxygens (including phenoxy) is 1. The van der Waals surface area contributed by atoms with E-state index in [1.807, 2.05) is 31.0 Å². The molecular weight excluding hydrogens is 387 g/mol. The molecular formula is C21H21FN6O2. The average molecular weight is 408 g/mol. The van der Waals surface area contributed by atoms with Gasteiger partial charge in [-0.3, -0.25) is 4.79 Å². The second kappa shape index (κ2) is 8.32. The fourth-order valence-electron chi connectivity index (χ4n) is 3.12. The lowest BCUT2D eigenvalue weighted by atomic mass is 10.2. The van der Waals surface area contributed by atoms with Crippen LogP contribution >= 0.6 is 0 Å². The molecule has 0 bridgehead atoms. The number of fused-ring (bicyclic) bond motifs is 1. The minimum Gasteiger partial charge on any atom is -0.473 e. The highest BCUT2D eigenvalue weighted by Crippen LogP contribution is 2.32. The first-order chi connectivity index (χ1) is 14.5. The molecule has 0 unspecified atom stereocenters. The Hall–Kier alpha value is -3.75. The summed E-state index contributed by atoms with van der Waals surface area (Å²) in [5, 5.41) is 6.17. The number of hydrogen-bond acceptors (Lipinski definition) is 7. The minimum atomic E-state index is -0.520. The monoisotopic (exact) mass is 408 g/mol. The number of halogens is 1. The normalized spacial score (nSPS) is 12.9. The molecule has 1 aliphatic heterocycles. The first-order valence-corrected chi connectivity index (χ1v) is 9.42. The average Bonchev–Trinajstić information content (AvgIpc) is 2.73.